The number of ether oxygens (including phenoxy) is 3. The number of carbonyl (C=O) groups is 1. The van der Waals surface area contributed by atoms with Crippen molar-refractivity contribution in [2.24, 2.45) is 5.10 Å². The number of nitrogens with one attached hydrogen (secondary N) is 1. The summed E-state index contributed by atoms with van der Waals surface area (Å²) in [5.41, 5.74) is 4.48. The monoisotopic (exact) mass is 524 g/mol. The van der Waals surface area contributed by atoms with Crippen LogP contribution in [-0.2, 0) is 4.79 Å². The number of hydrazone groups is 1. The summed E-state index contributed by atoms with van der Waals surface area (Å²) in [6.07, 6.45) is 1.54. The Balaban J connectivity index is 1.52. The highest BCUT2D eigenvalue weighted by Gasteiger charge is 2.18. The van der Waals surface area contributed by atoms with Gasteiger partial charge in [0.15, 0.2) is 6.61 Å². The van der Waals surface area contributed by atoms with Crippen molar-refractivity contribution in [2.75, 3.05) is 31.3 Å². The van der Waals surface area contributed by atoms with Crippen molar-refractivity contribution < 1.29 is 19.0 Å². The van der Waals surface area contributed by atoms with E-state index in [0.29, 0.717) is 35.0 Å². The Hall–Kier alpha value is -1.84. The number of benzene rings is 2. The summed E-state index contributed by atoms with van der Waals surface area (Å²) >= 11 is 7.40. The zero-order chi connectivity index (χ0) is 22.1. The minimum absolute atomic E-state index is 0.116. The smallest absolute Gasteiger partial charge is 0.277 e. The lowest BCUT2D eigenvalue weighted by molar-refractivity contribution is -0.123. The first-order valence-corrected chi connectivity index (χ1v) is 12.9. The van der Waals surface area contributed by atoms with Crippen molar-refractivity contribution in [1.82, 2.24) is 5.43 Å². The highest BCUT2D eigenvalue weighted by atomic mass is 79.9. The number of nitrogens with zero attached hydrogens (tertiary/aromatic N) is 1. The fourth-order valence-electron chi connectivity index (χ4n) is 2.82. The van der Waals surface area contributed by atoms with E-state index in [0.717, 1.165) is 10.0 Å². The highest BCUT2D eigenvalue weighted by Crippen LogP contribution is 2.45. The predicted molar refractivity (Wildman–Crippen MR) is 132 cm³/mol. The van der Waals surface area contributed by atoms with Crippen LogP contribution in [0.2, 0.25) is 0 Å². The van der Waals surface area contributed by atoms with Gasteiger partial charge in [-0.2, -0.15) is 5.10 Å². The summed E-state index contributed by atoms with van der Waals surface area (Å²) in [6, 6.07) is 11.6. The number of halogens is 1. The molecule has 0 spiro atoms. The van der Waals surface area contributed by atoms with Crippen molar-refractivity contribution in [1.29, 1.82) is 0 Å². The molecule has 0 radical (unpaired) electrons. The Morgan fingerprint density at radius 1 is 1.10 bits per heavy atom. The van der Waals surface area contributed by atoms with Gasteiger partial charge >= 0.3 is 0 Å². The van der Waals surface area contributed by atoms with Crippen molar-refractivity contribution >= 4 is 51.6 Å². The van der Waals surface area contributed by atoms with Gasteiger partial charge in [-0.05, 0) is 53.5 Å². The summed E-state index contributed by atoms with van der Waals surface area (Å²) in [4.78, 5) is 12.1. The fourth-order valence-corrected chi connectivity index (χ4v) is 6.16. The zero-order valence-electron chi connectivity index (χ0n) is 17.4. The molecular formula is C22H25BrN2O4S2. The third-order valence-electron chi connectivity index (χ3n) is 4.20. The van der Waals surface area contributed by atoms with Crippen molar-refractivity contribution in [3.63, 3.8) is 0 Å². The molecule has 0 aromatic heterocycles. The summed E-state index contributed by atoms with van der Waals surface area (Å²) in [5, 5.41) is 4.03. The van der Waals surface area contributed by atoms with Crippen molar-refractivity contribution in [2.45, 2.75) is 18.4 Å². The SMILES string of the molecule is CCOc1cc(OCC)c(/C=N\NC(=O)COc2ccc(C3SCCS3)cc2)cc1Br. The molecule has 0 atom stereocenters. The normalized spacial score (nSPS) is 14.0. The van der Waals surface area contributed by atoms with E-state index in [1.807, 2.05) is 55.6 Å². The van der Waals surface area contributed by atoms with Crippen LogP contribution in [-0.4, -0.2) is 43.4 Å². The molecular weight excluding hydrogens is 500 g/mol. The highest BCUT2D eigenvalue weighted by molar-refractivity contribution is 9.10. The lowest BCUT2D eigenvalue weighted by Crippen LogP contribution is -2.24. The standard InChI is InChI=1S/C22H25BrN2O4S2/c1-3-27-19-12-20(28-4-2)18(23)11-16(19)13-24-25-21(26)14-29-17-7-5-15(6-8-17)22-30-9-10-31-22/h5-8,11-13,22H,3-4,9-10,14H2,1-2H3,(H,25,26)/b24-13-. The second-order valence-electron chi connectivity index (χ2n) is 6.41. The van der Waals surface area contributed by atoms with Crippen LogP contribution in [0.4, 0.5) is 0 Å². The molecule has 1 fully saturated rings. The molecule has 0 aliphatic carbocycles. The maximum absolute atomic E-state index is 12.1. The van der Waals surface area contributed by atoms with Crippen LogP contribution in [0.1, 0.15) is 29.6 Å². The molecule has 1 heterocycles. The molecule has 0 bridgehead atoms. The first-order valence-electron chi connectivity index (χ1n) is 9.97. The second kappa shape index (κ2) is 12.3. The van der Waals surface area contributed by atoms with E-state index in [1.165, 1.54) is 23.3 Å². The van der Waals surface area contributed by atoms with E-state index in [9.17, 15) is 4.79 Å². The quantitative estimate of drug-likeness (QED) is 0.338. The number of carbonyl (C=O) groups excluding carboxylic acids is 1. The molecule has 166 valence electrons. The van der Waals surface area contributed by atoms with Gasteiger partial charge in [-0.1, -0.05) is 12.1 Å². The molecule has 2 aromatic carbocycles. The average Bonchev–Trinajstić information content (AvgIpc) is 3.31. The Kier molecular flexibility index (Phi) is 9.42. The van der Waals surface area contributed by atoms with Crippen molar-refractivity contribution in [3.05, 3.63) is 52.0 Å². The molecule has 31 heavy (non-hydrogen) atoms. The minimum atomic E-state index is -0.342. The van der Waals surface area contributed by atoms with E-state index < -0.39 is 0 Å². The maximum atomic E-state index is 12.1. The molecule has 6 nitrogen and oxygen atoms in total. The van der Waals surface area contributed by atoms with Gasteiger partial charge in [0.25, 0.3) is 5.91 Å². The maximum Gasteiger partial charge on any atom is 0.277 e. The first-order chi connectivity index (χ1) is 15.1. The largest absolute Gasteiger partial charge is 0.493 e. The Morgan fingerprint density at radius 2 is 1.77 bits per heavy atom. The number of rotatable bonds is 10. The Labute approximate surface area is 199 Å². The van der Waals surface area contributed by atoms with Gasteiger partial charge < -0.3 is 14.2 Å². The molecule has 9 heteroatoms. The molecule has 1 aliphatic rings. The van der Waals surface area contributed by atoms with E-state index in [2.05, 4.69) is 38.6 Å². The topological polar surface area (TPSA) is 69.2 Å². The fraction of sp³-hybridized carbons (Fsp3) is 0.364. The van der Waals surface area contributed by atoms with Crippen LogP contribution >= 0.6 is 39.5 Å². The lowest BCUT2D eigenvalue weighted by Gasteiger charge is -2.12. The number of amides is 1. The summed E-state index contributed by atoms with van der Waals surface area (Å²) in [5.74, 6) is 4.01. The van der Waals surface area contributed by atoms with Crippen LogP contribution in [0.25, 0.3) is 0 Å². The summed E-state index contributed by atoms with van der Waals surface area (Å²) < 4.78 is 18.1. The third kappa shape index (κ3) is 7.08. The Morgan fingerprint density at radius 3 is 2.45 bits per heavy atom. The average molecular weight is 525 g/mol. The second-order valence-corrected chi connectivity index (χ2v) is 9.99. The molecule has 0 unspecified atom stereocenters. The van der Waals surface area contributed by atoms with E-state index >= 15 is 0 Å². The van der Waals surface area contributed by atoms with Gasteiger partial charge in [-0.15, -0.1) is 23.5 Å². The van der Waals surface area contributed by atoms with Gasteiger partial charge in [-0.3, -0.25) is 4.79 Å². The van der Waals surface area contributed by atoms with Crippen molar-refractivity contribution in [3.8, 4) is 17.2 Å². The Bertz CT molecular complexity index is 903. The first kappa shape index (κ1) is 23.8. The van der Waals surface area contributed by atoms with Crippen LogP contribution in [0, 0.1) is 0 Å². The molecule has 0 saturated carbocycles. The molecule has 1 aliphatic heterocycles. The molecule has 3 rings (SSSR count). The van der Waals surface area contributed by atoms with Gasteiger partial charge in [-0.25, -0.2) is 5.43 Å². The van der Waals surface area contributed by atoms with E-state index in [4.69, 9.17) is 14.2 Å². The van der Waals surface area contributed by atoms with Gasteiger partial charge in [0.05, 0.1) is 28.5 Å². The summed E-state index contributed by atoms with van der Waals surface area (Å²) in [7, 11) is 0. The number of thioether (sulfide) groups is 2. The zero-order valence-corrected chi connectivity index (χ0v) is 20.6. The van der Waals surface area contributed by atoms with Crippen LogP contribution < -0.4 is 19.6 Å². The van der Waals surface area contributed by atoms with E-state index in [-0.39, 0.29) is 12.5 Å². The molecule has 2 aromatic rings. The minimum Gasteiger partial charge on any atom is -0.493 e. The lowest BCUT2D eigenvalue weighted by atomic mass is 10.2. The van der Waals surface area contributed by atoms with Gasteiger partial charge in [0, 0.05) is 23.1 Å². The van der Waals surface area contributed by atoms with Gasteiger partial charge in [0.2, 0.25) is 0 Å². The predicted octanol–water partition coefficient (Wildman–Crippen LogP) is 5.25. The number of hydrogen-bond donors (Lipinski definition) is 1. The van der Waals surface area contributed by atoms with E-state index in [1.54, 1.807) is 6.07 Å². The summed E-state index contributed by atoms with van der Waals surface area (Å²) in [6.45, 7) is 4.76. The van der Waals surface area contributed by atoms with Gasteiger partial charge in [0.1, 0.15) is 17.2 Å². The van der Waals surface area contributed by atoms with Crippen LogP contribution in [0.3, 0.4) is 0 Å². The molecule has 1 saturated heterocycles. The third-order valence-corrected chi connectivity index (χ3v) is 7.92. The van der Waals surface area contributed by atoms with Crippen LogP contribution in [0.15, 0.2) is 46.0 Å². The van der Waals surface area contributed by atoms with Crippen LogP contribution in [0.5, 0.6) is 17.2 Å². The molecule has 1 N–H and O–H groups in total. The number of hydrogen-bond acceptors (Lipinski definition) is 7. The molecule has 1 amide bonds.